The molecule has 0 radical (unpaired) electrons. The second-order valence-corrected chi connectivity index (χ2v) is 3.34. The molecule has 1 aromatic rings. The molecule has 0 fully saturated rings. The van der Waals surface area contributed by atoms with Gasteiger partial charge in [-0.15, -0.1) is 0 Å². The minimum absolute atomic E-state index is 0.169. The van der Waals surface area contributed by atoms with Crippen LogP contribution in [0, 0.1) is 0 Å². The van der Waals surface area contributed by atoms with Crippen LogP contribution in [-0.2, 0) is 4.74 Å². The van der Waals surface area contributed by atoms with Crippen LogP contribution in [0.3, 0.4) is 0 Å². The van der Waals surface area contributed by atoms with Crippen LogP contribution in [0.15, 0.2) is 30.3 Å². The van der Waals surface area contributed by atoms with Gasteiger partial charge in [0.25, 0.3) is 0 Å². The van der Waals surface area contributed by atoms with Crippen molar-refractivity contribution in [3.8, 4) is 0 Å². The van der Waals surface area contributed by atoms with E-state index >= 15 is 0 Å². The lowest BCUT2D eigenvalue weighted by Crippen LogP contribution is -2.23. The van der Waals surface area contributed by atoms with Crippen molar-refractivity contribution in [2.24, 2.45) is 0 Å². The van der Waals surface area contributed by atoms with Crippen molar-refractivity contribution < 1.29 is 4.74 Å². The quantitative estimate of drug-likeness (QED) is 0.700. The number of hydrogen-bond acceptors (Lipinski definition) is 2. The maximum Gasteiger partial charge on any atom is 0.0945 e. The van der Waals surface area contributed by atoms with Gasteiger partial charge < -0.3 is 10.1 Å². The summed E-state index contributed by atoms with van der Waals surface area (Å²) in [6.07, 6.45) is 1.33. The van der Waals surface area contributed by atoms with Crippen molar-refractivity contribution >= 4 is 0 Å². The van der Waals surface area contributed by atoms with Crippen LogP contribution in [0.5, 0.6) is 0 Å². The third-order valence-electron chi connectivity index (χ3n) is 2.21. The van der Waals surface area contributed by atoms with Crippen molar-refractivity contribution in [3.05, 3.63) is 35.9 Å². The molecule has 0 amide bonds. The van der Waals surface area contributed by atoms with Gasteiger partial charge in [-0.3, -0.25) is 0 Å². The Kier molecular flexibility index (Phi) is 5.27. The zero-order chi connectivity index (χ0) is 10.2. The van der Waals surface area contributed by atoms with E-state index in [1.165, 1.54) is 5.56 Å². The first-order chi connectivity index (χ1) is 6.88. The standard InChI is InChI=1S/C12H19NO/c1-3-9-13-10-12(14-2)11-7-5-4-6-8-11/h4-8,12-13H,3,9-10H2,1-2H3. The largest absolute Gasteiger partial charge is 0.375 e. The highest BCUT2D eigenvalue weighted by molar-refractivity contribution is 5.17. The van der Waals surface area contributed by atoms with Crippen LogP contribution < -0.4 is 5.32 Å². The summed E-state index contributed by atoms with van der Waals surface area (Å²) in [5.41, 5.74) is 1.23. The predicted molar refractivity (Wildman–Crippen MR) is 59.4 cm³/mol. The van der Waals surface area contributed by atoms with Gasteiger partial charge in [0, 0.05) is 13.7 Å². The first-order valence-electron chi connectivity index (χ1n) is 5.17. The van der Waals surface area contributed by atoms with E-state index in [1.54, 1.807) is 7.11 Å². The second-order valence-electron chi connectivity index (χ2n) is 3.34. The third-order valence-corrected chi connectivity index (χ3v) is 2.21. The van der Waals surface area contributed by atoms with Gasteiger partial charge in [-0.2, -0.15) is 0 Å². The van der Waals surface area contributed by atoms with E-state index in [0.29, 0.717) is 0 Å². The molecule has 0 heterocycles. The van der Waals surface area contributed by atoms with Crippen LogP contribution in [0.4, 0.5) is 0 Å². The summed E-state index contributed by atoms with van der Waals surface area (Å²) in [7, 11) is 1.76. The van der Waals surface area contributed by atoms with E-state index < -0.39 is 0 Å². The fourth-order valence-electron chi connectivity index (χ4n) is 1.41. The molecule has 2 heteroatoms. The summed E-state index contributed by atoms with van der Waals surface area (Å²) in [4.78, 5) is 0. The van der Waals surface area contributed by atoms with E-state index in [-0.39, 0.29) is 6.10 Å². The van der Waals surface area contributed by atoms with Crippen LogP contribution in [0.1, 0.15) is 25.0 Å². The van der Waals surface area contributed by atoms with Crippen molar-refractivity contribution in [1.29, 1.82) is 0 Å². The Morgan fingerprint density at radius 1 is 1.29 bits per heavy atom. The molecule has 14 heavy (non-hydrogen) atoms. The molecule has 1 rings (SSSR count). The summed E-state index contributed by atoms with van der Waals surface area (Å²) in [5, 5.41) is 3.36. The Labute approximate surface area is 86.3 Å². The molecule has 0 saturated carbocycles. The van der Waals surface area contributed by atoms with Gasteiger partial charge in [-0.1, -0.05) is 37.3 Å². The van der Waals surface area contributed by atoms with E-state index in [2.05, 4.69) is 24.4 Å². The van der Waals surface area contributed by atoms with Gasteiger partial charge in [-0.25, -0.2) is 0 Å². The number of rotatable bonds is 6. The normalized spacial score (nSPS) is 12.7. The smallest absolute Gasteiger partial charge is 0.0945 e. The second kappa shape index (κ2) is 6.57. The molecule has 0 aliphatic heterocycles. The van der Waals surface area contributed by atoms with Gasteiger partial charge in [-0.05, 0) is 18.5 Å². The molecular formula is C12H19NO. The number of methoxy groups -OCH3 is 1. The Morgan fingerprint density at radius 2 is 2.00 bits per heavy atom. The molecule has 0 spiro atoms. The molecule has 1 N–H and O–H groups in total. The molecule has 0 saturated heterocycles. The summed E-state index contributed by atoms with van der Waals surface area (Å²) >= 11 is 0. The average molecular weight is 193 g/mol. The molecule has 1 aromatic carbocycles. The van der Waals surface area contributed by atoms with Crippen LogP contribution >= 0.6 is 0 Å². The Balaban J connectivity index is 2.46. The van der Waals surface area contributed by atoms with E-state index in [0.717, 1.165) is 19.5 Å². The lowest BCUT2D eigenvalue weighted by molar-refractivity contribution is 0.102. The zero-order valence-corrected chi connectivity index (χ0v) is 8.99. The van der Waals surface area contributed by atoms with Crippen LogP contribution in [0.25, 0.3) is 0 Å². The topological polar surface area (TPSA) is 21.3 Å². The van der Waals surface area contributed by atoms with Gasteiger partial charge in [0.2, 0.25) is 0 Å². The summed E-state index contributed by atoms with van der Waals surface area (Å²) in [5.74, 6) is 0. The Bertz CT molecular complexity index is 235. The minimum atomic E-state index is 0.169. The lowest BCUT2D eigenvalue weighted by atomic mass is 10.1. The summed E-state index contributed by atoms with van der Waals surface area (Å²) in [6, 6.07) is 10.3. The molecule has 0 aromatic heterocycles. The van der Waals surface area contributed by atoms with E-state index in [9.17, 15) is 0 Å². The summed E-state index contributed by atoms with van der Waals surface area (Å²) in [6.45, 7) is 4.10. The highest BCUT2D eigenvalue weighted by Gasteiger charge is 2.07. The van der Waals surface area contributed by atoms with E-state index in [4.69, 9.17) is 4.74 Å². The first-order valence-corrected chi connectivity index (χ1v) is 5.17. The lowest BCUT2D eigenvalue weighted by Gasteiger charge is -2.16. The zero-order valence-electron chi connectivity index (χ0n) is 8.99. The average Bonchev–Trinajstić information content (AvgIpc) is 2.26. The van der Waals surface area contributed by atoms with Gasteiger partial charge in [0.05, 0.1) is 6.10 Å². The molecule has 78 valence electrons. The number of benzene rings is 1. The highest BCUT2D eigenvalue weighted by atomic mass is 16.5. The SMILES string of the molecule is CCCNCC(OC)c1ccccc1. The van der Waals surface area contributed by atoms with Gasteiger partial charge in [0.1, 0.15) is 0 Å². The van der Waals surface area contributed by atoms with Crippen molar-refractivity contribution in [2.75, 3.05) is 20.2 Å². The number of hydrogen-bond donors (Lipinski definition) is 1. The molecule has 1 atom stereocenters. The molecule has 0 aliphatic rings. The molecule has 1 unspecified atom stereocenters. The molecule has 0 bridgehead atoms. The Hall–Kier alpha value is -0.860. The summed E-state index contributed by atoms with van der Waals surface area (Å²) < 4.78 is 5.42. The fraction of sp³-hybridized carbons (Fsp3) is 0.500. The van der Waals surface area contributed by atoms with E-state index in [1.807, 2.05) is 18.2 Å². The van der Waals surface area contributed by atoms with Crippen LogP contribution in [-0.4, -0.2) is 20.2 Å². The maximum absolute atomic E-state index is 5.42. The fourth-order valence-corrected chi connectivity index (χ4v) is 1.41. The Morgan fingerprint density at radius 3 is 2.57 bits per heavy atom. The third kappa shape index (κ3) is 3.48. The molecular weight excluding hydrogens is 174 g/mol. The van der Waals surface area contributed by atoms with Crippen molar-refractivity contribution in [2.45, 2.75) is 19.4 Å². The first kappa shape index (κ1) is 11.2. The predicted octanol–water partition coefficient (Wildman–Crippen LogP) is 2.37. The van der Waals surface area contributed by atoms with Gasteiger partial charge in [0.15, 0.2) is 0 Å². The highest BCUT2D eigenvalue weighted by Crippen LogP contribution is 2.14. The monoisotopic (exact) mass is 193 g/mol. The number of nitrogens with one attached hydrogen (secondary N) is 1. The molecule has 2 nitrogen and oxygen atoms in total. The minimum Gasteiger partial charge on any atom is -0.375 e. The van der Waals surface area contributed by atoms with Crippen LogP contribution in [0.2, 0.25) is 0 Å². The van der Waals surface area contributed by atoms with Crippen molar-refractivity contribution in [3.63, 3.8) is 0 Å². The number of ether oxygens (including phenoxy) is 1. The van der Waals surface area contributed by atoms with Gasteiger partial charge >= 0.3 is 0 Å². The molecule has 0 aliphatic carbocycles. The maximum atomic E-state index is 5.42. The van der Waals surface area contributed by atoms with Crippen molar-refractivity contribution in [1.82, 2.24) is 5.32 Å².